The van der Waals surface area contributed by atoms with Crippen molar-refractivity contribution in [2.75, 3.05) is 26.1 Å². The van der Waals surface area contributed by atoms with Crippen LogP contribution in [0.4, 0.5) is 10.5 Å². The minimum absolute atomic E-state index is 0.165. The molecule has 2 rings (SSSR count). The Labute approximate surface area is 151 Å². The third-order valence-corrected chi connectivity index (χ3v) is 3.50. The van der Waals surface area contributed by atoms with Crippen LogP contribution >= 0.6 is 0 Å². The van der Waals surface area contributed by atoms with Gasteiger partial charge in [0.15, 0.2) is 0 Å². The first-order chi connectivity index (χ1) is 12.6. The number of amides is 3. The molecule has 8 heteroatoms. The standard InChI is InChI=1S/C18H22N4O4/c1-25-15-7-5-14(6-8-15)22-18(24)20-11-9-16(23)21-12-13-4-3-10-19-17(13)26-2/h3-8,10H,9,11-12H2,1-2H3,(H,21,23)(H2,20,22,24). The molecule has 3 amide bonds. The zero-order valence-electron chi connectivity index (χ0n) is 14.7. The van der Waals surface area contributed by atoms with E-state index in [1.54, 1.807) is 43.6 Å². The van der Waals surface area contributed by atoms with Gasteiger partial charge in [-0.05, 0) is 30.3 Å². The Morgan fingerprint density at radius 2 is 1.81 bits per heavy atom. The molecule has 3 N–H and O–H groups in total. The average Bonchev–Trinajstić information content (AvgIpc) is 2.67. The molecular weight excluding hydrogens is 336 g/mol. The summed E-state index contributed by atoms with van der Waals surface area (Å²) in [7, 11) is 3.10. The minimum Gasteiger partial charge on any atom is -0.497 e. The van der Waals surface area contributed by atoms with Crippen LogP contribution in [0.5, 0.6) is 11.6 Å². The van der Waals surface area contributed by atoms with Gasteiger partial charge in [0.05, 0.1) is 14.2 Å². The summed E-state index contributed by atoms with van der Waals surface area (Å²) < 4.78 is 10.2. The van der Waals surface area contributed by atoms with Crippen LogP contribution in [-0.4, -0.2) is 37.7 Å². The second kappa shape index (κ2) is 9.87. The minimum atomic E-state index is -0.378. The van der Waals surface area contributed by atoms with Gasteiger partial charge in [-0.1, -0.05) is 6.07 Å². The zero-order chi connectivity index (χ0) is 18.8. The molecule has 0 spiro atoms. The van der Waals surface area contributed by atoms with Gasteiger partial charge in [0.1, 0.15) is 5.75 Å². The van der Waals surface area contributed by atoms with Gasteiger partial charge in [-0.25, -0.2) is 9.78 Å². The molecule has 0 aliphatic carbocycles. The van der Waals surface area contributed by atoms with Crippen molar-refractivity contribution in [3.05, 3.63) is 48.2 Å². The van der Waals surface area contributed by atoms with Crippen molar-refractivity contribution in [2.45, 2.75) is 13.0 Å². The highest BCUT2D eigenvalue weighted by atomic mass is 16.5. The smallest absolute Gasteiger partial charge is 0.319 e. The molecule has 0 bridgehead atoms. The predicted octanol–water partition coefficient (Wildman–Crippen LogP) is 1.93. The Hall–Kier alpha value is -3.29. The molecular formula is C18H22N4O4. The van der Waals surface area contributed by atoms with Gasteiger partial charge < -0.3 is 25.4 Å². The number of carbonyl (C=O) groups is 2. The summed E-state index contributed by atoms with van der Waals surface area (Å²) in [6.45, 7) is 0.534. The summed E-state index contributed by atoms with van der Waals surface area (Å²) in [5, 5.41) is 8.08. The van der Waals surface area contributed by atoms with E-state index in [1.165, 1.54) is 7.11 Å². The Bertz CT molecular complexity index is 734. The SMILES string of the molecule is COc1ccc(NC(=O)NCCC(=O)NCc2cccnc2OC)cc1. The average molecular weight is 358 g/mol. The van der Waals surface area contributed by atoms with E-state index >= 15 is 0 Å². The van der Waals surface area contributed by atoms with Crippen LogP contribution in [0.1, 0.15) is 12.0 Å². The van der Waals surface area contributed by atoms with Gasteiger partial charge in [0.25, 0.3) is 0 Å². The lowest BCUT2D eigenvalue weighted by Crippen LogP contribution is -2.33. The number of rotatable bonds is 8. The van der Waals surface area contributed by atoms with Crippen molar-refractivity contribution in [3.63, 3.8) is 0 Å². The van der Waals surface area contributed by atoms with E-state index in [-0.39, 0.29) is 24.9 Å². The van der Waals surface area contributed by atoms with Crippen molar-refractivity contribution in [2.24, 2.45) is 0 Å². The van der Waals surface area contributed by atoms with Crippen molar-refractivity contribution >= 4 is 17.6 Å². The Morgan fingerprint density at radius 1 is 1.04 bits per heavy atom. The van der Waals surface area contributed by atoms with E-state index in [9.17, 15) is 9.59 Å². The lowest BCUT2D eigenvalue weighted by molar-refractivity contribution is -0.121. The number of methoxy groups -OCH3 is 2. The summed E-state index contributed by atoms with van der Waals surface area (Å²) in [4.78, 5) is 27.7. The molecule has 26 heavy (non-hydrogen) atoms. The Balaban J connectivity index is 1.68. The number of pyridine rings is 1. The van der Waals surface area contributed by atoms with Crippen LogP contribution in [0.25, 0.3) is 0 Å². The second-order valence-corrected chi connectivity index (χ2v) is 5.31. The van der Waals surface area contributed by atoms with Crippen molar-refractivity contribution in [1.29, 1.82) is 0 Å². The number of hydrogen-bond donors (Lipinski definition) is 3. The van der Waals surface area contributed by atoms with Crippen molar-refractivity contribution in [1.82, 2.24) is 15.6 Å². The highest BCUT2D eigenvalue weighted by molar-refractivity contribution is 5.89. The first-order valence-corrected chi connectivity index (χ1v) is 8.06. The molecule has 2 aromatic rings. The van der Waals surface area contributed by atoms with E-state index in [1.807, 2.05) is 6.07 Å². The van der Waals surface area contributed by atoms with Crippen LogP contribution in [0.15, 0.2) is 42.6 Å². The number of urea groups is 1. The number of nitrogens with zero attached hydrogens (tertiary/aromatic N) is 1. The number of anilines is 1. The lowest BCUT2D eigenvalue weighted by Gasteiger charge is -2.10. The molecule has 0 saturated heterocycles. The third-order valence-electron chi connectivity index (χ3n) is 3.50. The van der Waals surface area contributed by atoms with Crippen molar-refractivity contribution in [3.8, 4) is 11.6 Å². The number of nitrogens with one attached hydrogen (secondary N) is 3. The summed E-state index contributed by atoms with van der Waals surface area (Å²) in [6, 6.07) is 10.2. The molecule has 138 valence electrons. The van der Waals surface area contributed by atoms with Crippen LogP contribution in [-0.2, 0) is 11.3 Å². The van der Waals surface area contributed by atoms with E-state index in [0.29, 0.717) is 23.9 Å². The number of benzene rings is 1. The van der Waals surface area contributed by atoms with E-state index in [0.717, 1.165) is 5.56 Å². The molecule has 0 unspecified atom stereocenters. The number of ether oxygens (including phenoxy) is 2. The van der Waals surface area contributed by atoms with Crippen LogP contribution in [0.3, 0.4) is 0 Å². The molecule has 0 radical (unpaired) electrons. The highest BCUT2D eigenvalue weighted by Gasteiger charge is 2.07. The second-order valence-electron chi connectivity index (χ2n) is 5.31. The predicted molar refractivity (Wildman–Crippen MR) is 97.3 cm³/mol. The fourth-order valence-electron chi connectivity index (χ4n) is 2.16. The molecule has 1 aromatic carbocycles. The van der Waals surface area contributed by atoms with Crippen LogP contribution < -0.4 is 25.4 Å². The van der Waals surface area contributed by atoms with Crippen molar-refractivity contribution < 1.29 is 19.1 Å². The first kappa shape index (κ1) is 19.0. The van der Waals surface area contributed by atoms with Gasteiger partial charge in [-0.15, -0.1) is 0 Å². The monoisotopic (exact) mass is 358 g/mol. The number of hydrogen-bond acceptors (Lipinski definition) is 5. The molecule has 0 fully saturated rings. The maximum absolute atomic E-state index is 11.9. The summed E-state index contributed by atoms with van der Waals surface area (Å²) >= 11 is 0. The number of aromatic nitrogens is 1. The Morgan fingerprint density at radius 3 is 2.50 bits per heavy atom. The van der Waals surface area contributed by atoms with Gasteiger partial charge in [0.2, 0.25) is 11.8 Å². The summed E-state index contributed by atoms with van der Waals surface area (Å²) in [5.74, 6) is 1.00. The highest BCUT2D eigenvalue weighted by Crippen LogP contribution is 2.15. The quantitative estimate of drug-likeness (QED) is 0.669. The van der Waals surface area contributed by atoms with E-state index in [2.05, 4.69) is 20.9 Å². The topological polar surface area (TPSA) is 102 Å². The molecule has 0 aliphatic heterocycles. The normalized spacial score (nSPS) is 9.92. The van der Waals surface area contributed by atoms with Crippen LogP contribution in [0, 0.1) is 0 Å². The molecule has 0 saturated carbocycles. The van der Waals surface area contributed by atoms with Gasteiger partial charge in [-0.2, -0.15) is 0 Å². The third kappa shape index (κ3) is 5.97. The Kier molecular flexibility index (Phi) is 7.23. The largest absolute Gasteiger partial charge is 0.497 e. The van der Waals surface area contributed by atoms with E-state index in [4.69, 9.17) is 9.47 Å². The fourth-order valence-corrected chi connectivity index (χ4v) is 2.16. The molecule has 8 nitrogen and oxygen atoms in total. The van der Waals surface area contributed by atoms with E-state index < -0.39 is 0 Å². The number of carbonyl (C=O) groups excluding carboxylic acids is 2. The van der Waals surface area contributed by atoms with Gasteiger partial charge in [0, 0.05) is 37.0 Å². The zero-order valence-corrected chi connectivity index (χ0v) is 14.7. The maximum atomic E-state index is 11.9. The van der Waals surface area contributed by atoms with Gasteiger partial charge in [-0.3, -0.25) is 4.79 Å². The molecule has 1 aromatic heterocycles. The maximum Gasteiger partial charge on any atom is 0.319 e. The molecule has 1 heterocycles. The fraction of sp³-hybridized carbons (Fsp3) is 0.278. The van der Waals surface area contributed by atoms with Gasteiger partial charge >= 0.3 is 6.03 Å². The molecule has 0 aliphatic rings. The summed E-state index contributed by atoms with van der Waals surface area (Å²) in [6.07, 6.45) is 1.79. The summed E-state index contributed by atoms with van der Waals surface area (Å²) in [5.41, 5.74) is 1.42. The lowest BCUT2D eigenvalue weighted by atomic mass is 10.2. The van der Waals surface area contributed by atoms with Crippen LogP contribution in [0.2, 0.25) is 0 Å². The first-order valence-electron chi connectivity index (χ1n) is 8.06. The molecule has 0 atom stereocenters.